The summed E-state index contributed by atoms with van der Waals surface area (Å²) in [5.41, 5.74) is 0.429. The lowest BCUT2D eigenvalue weighted by Crippen LogP contribution is -2.40. The third-order valence-corrected chi connectivity index (χ3v) is 5.88. The molecule has 6 heteroatoms. The molecule has 2 aliphatic rings. The van der Waals surface area contributed by atoms with Gasteiger partial charge in [-0.2, -0.15) is 0 Å². The van der Waals surface area contributed by atoms with Crippen LogP contribution in [0.3, 0.4) is 0 Å². The number of nitrogens with zero attached hydrogens (tertiary/aromatic N) is 1. The zero-order valence-corrected chi connectivity index (χ0v) is 13.5. The second-order valence-corrected chi connectivity index (χ2v) is 8.49. The van der Waals surface area contributed by atoms with Crippen LogP contribution in [0.4, 0.5) is 0 Å². The zero-order valence-electron chi connectivity index (χ0n) is 12.7. The quantitative estimate of drug-likeness (QED) is 0.681. The summed E-state index contributed by atoms with van der Waals surface area (Å²) in [5.74, 6) is 0.533. The predicted molar refractivity (Wildman–Crippen MR) is 80.2 cm³/mol. The van der Waals surface area contributed by atoms with Crippen molar-refractivity contribution < 1.29 is 13.2 Å². The van der Waals surface area contributed by atoms with Gasteiger partial charge in [0.25, 0.3) is 0 Å². The van der Waals surface area contributed by atoms with Gasteiger partial charge in [0.1, 0.15) is 0 Å². The Morgan fingerprint density at radius 3 is 2.75 bits per heavy atom. The lowest BCUT2D eigenvalue weighted by Gasteiger charge is -2.33. The molecule has 1 saturated heterocycles. The minimum atomic E-state index is -3.02. The van der Waals surface area contributed by atoms with E-state index in [1.165, 1.54) is 31.9 Å². The first-order valence-corrected chi connectivity index (χ1v) is 9.45. The van der Waals surface area contributed by atoms with E-state index in [-0.39, 0.29) is 0 Å². The number of rotatable bonds is 8. The molecular weight excluding hydrogens is 276 g/mol. The van der Waals surface area contributed by atoms with Gasteiger partial charge in [0.15, 0.2) is 0 Å². The van der Waals surface area contributed by atoms with E-state index in [0.29, 0.717) is 17.9 Å². The van der Waals surface area contributed by atoms with E-state index in [2.05, 4.69) is 5.32 Å². The lowest BCUT2D eigenvalue weighted by molar-refractivity contribution is 0.191. The molecule has 0 amide bonds. The van der Waals surface area contributed by atoms with Crippen LogP contribution >= 0.6 is 0 Å². The first-order valence-electron chi connectivity index (χ1n) is 7.60. The molecule has 118 valence electrons. The maximum Gasteiger partial charge on any atom is 0.211 e. The SMILES string of the molecule is COCCNCC1(CC2CCCN(S(C)(=O)=O)C2)CC1. The fraction of sp³-hybridized carbons (Fsp3) is 1.00. The molecule has 1 saturated carbocycles. The summed E-state index contributed by atoms with van der Waals surface area (Å²) in [6, 6.07) is 0. The summed E-state index contributed by atoms with van der Waals surface area (Å²) in [7, 11) is -1.30. The smallest absolute Gasteiger partial charge is 0.211 e. The molecule has 5 nitrogen and oxygen atoms in total. The monoisotopic (exact) mass is 304 g/mol. The molecule has 1 heterocycles. The first kappa shape index (κ1) is 16.2. The number of piperidine rings is 1. The van der Waals surface area contributed by atoms with Gasteiger partial charge in [-0.1, -0.05) is 0 Å². The number of ether oxygens (including phenoxy) is 1. The Balaban J connectivity index is 1.78. The molecule has 0 spiro atoms. The van der Waals surface area contributed by atoms with Crippen LogP contribution in [0.1, 0.15) is 32.1 Å². The number of sulfonamides is 1. The van der Waals surface area contributed by atoms with Gasteiger partial charge in [0.05, 0.1) is 12.9 Å². The van der Waals surface area contributed by atoms with Crippen LogP contribution in [0, 0.1) is 11.3 Å². The molecule has 2 rings (SSSR count). The number of nitrogens with one attached hydrogen (secondary N) is 1. The van der Waals surface area contributed by atoms with Crippen molar-refractivity contribution in [2.75, 3.05) is 46.2 Å². The maximum atomic E-state index is 11.7. The third-order valence-electron chi connectivity index (χ3n) is 4.61. The zero-order chi connectivity index (χ0) is 14.6. The molecule has 0 bridgehead atoms. The molecule has 0 radical (unpaired) electrons. The van der Waals surface area contributed by atoms with Crippen molar-refractivity contribution in [1.29, 1.82) is 0 Å². The van der Waals surface area contributed by atoms with Gasteiger partial charge in [-0.05, 0) is 43.4 Å². The van der Waals surface area contributed by atoms with Crippen molar-refractivity contribution in [2.45, 2.75) is 32.1 Å². The average Bonchev–Trinajstić information content (AvgIpc) is 3.14. The Labute approximate surface area is 123 Å². The Kier molecular flexibility index (Phi) is 5.45. The molecule has 1 unspecified atom stereocenters. The van der Waals surface area contributed by atoms with E-state index >= 15 is 0 Å². The molecule has 1 aliphatic carbocycles. The fourth-order valence-electron chi connectivity index (χ4n) is 3.26. The van der Waals surface area contributed by atoms with E-state index in [0.717, 1.165) is 32.7 Å². The van der Waals surface area contributed by atoms with E-state index < -0.39 is 10.0 Å². The fourth-order valence-corrected chi connectivity index (χ4v) is 4.21. The topological polar surface area (TPSA) is 58.6 Å². The molecule has 2 fully saturated rings. The van der Waals surface area contributed by atoms with Crippen molar-refractivity contribution in [1.82, 2.24) is 9.62 Å². The highest BCUT2D eigenvalue weighted by Gasteiger charge is 2.44. The summed E-state index contributed by atoms with van der Waals surface area (Å²) in [5, 5.41) is 3.46. The Morgan fingerprint density at radius 2 is 2.15 bits per heavy atom. The van der Waals surface area contributed by atoms with Crippen LogP contribution in [0.15, 0.2) is 0 Å². The molecule has 1 N–H and O–H groups in total. The van der Waals surface area contributed by atoms with Crippen LogP contribution < -0.4 is 5.32 Å². The van der Waals surface area contributed by atoms with Crippen molar-refractivity contribution in [3.8, 4) is 0 Å². The van der Waals surface area contributed by atoms with Crippen molar-refractivity contribution in [3.05, 3.63) is 0 Å². The van der Waals surface area contributed by atoms with E-state index in [1.807, 2.05) is 0 Å². The van der Waals surface area contributed by atoms with E-state index in [4.69, 9.17) is 4.74 Å². The summed E-state index contributed by atoms with van der Waals surface area (Å²) >= 11 is 0. The summed E-state index contributed by atoms with van der Waals surface area (Å²) in [6.45, 7) is 4.12. The van der Waals surface area contributed by atoms with Crippen LogP contribution in [0.2, 0.25) is 0 Å². The van der Waals surface area contributed by atoms with Gasteiger partial charge >= 0.3 is 0 Å². The summed E-state index contributed by atoms with van der Waals surface area (Å²) in [6.07, 6.45) is 7.23. The normalized spacial score (nSPS) is 26.6. The first-order chi connectivity index (χ1) is 9.45. The van der Waals surface area contributed by atoms with Crippen LogP contribution in [-0.2, 0) is 14.8 Å². The van der Waals surface area contributed by atoms with Crippen molar-refractivity contribution in [2.24, 2.45) is 11.3 Å². The third kappa shape index (κ3) is 4.69. The second kappa shape index (κ2) is 6.73. The molecule has 1 atom stereocenters. The maximum absolute atomic E-state index is 11.7. The Hall–Kier alpha value is -0.170. The molecule has 1 aliphatic heterocycles. The van der Waals surface area contributed by atoms with Gasteiger partial charge in [-0.15, -0.1) is 0 Å². The minimum absolute atomic E-state index is 0.429. The highest BCUT2D eigenvalue weighted by molar-refractivity contribution is 7.88. The Bertz CT molecular complexity index is 407. The summed E-state index contributed by atoms with van der Waals surface area (Å²) < 4.78 is 30.0. The van der Waals surface area contributed by atoms with E-state index in [9.17, 15) is 8.42 Å². The lowest BCUT2D eigenvalue weighted by atomic mass is 9.87. The van der Waals surface area contributed by atoms with Crippen LogP contribution in [0.5, 0.6) is 0 Å². The standard InChI is InChI=1S/C14H28N2O3S/c1-19-9-7-15-12-14(5-6-14)10-13-4-3-8-16(11-13)20(2,17)18/h13,15H,3-12H2,1-2H3. The summed E-state index contributed by atoms with van der Waals surface area (Å²) in [4.78, 5) is 0. The molecular formula is C14H28N2O3S. The molecule has 0 aromatic carbocycles. The van der Waals surface area contributed by atoms with Gasteiger partial charge in [0.2, 0.25) is 10.0 Å². The van der Waals surface area contributed by atoms with Gasteiger partial charge in [-0.25, -0.2) is 12.7 Å². The number of methoxy groups -OCH3 is 1. The molecule has 20 heavy (non-hydrogen) atoms. The van der Waals surface area contributed by atoms with E-state index in [1.54, 1.807) is 11.4 Å². The van der Waals surface area contributed by atoms with Gasteiger partial charge < -0.3 is 10.1 Å². The van der Waals surface area contributed by atoms with Crippen LogP contribution in [0.25, 0.3) is 0 Å². The Morgan fingerprint density at radius 1 is 1.40 bits per heavy atom. The highest BCUT2D eigenvalue weighted by atomic mass is 32.2. The number of hydrogen-bond donors (Lipinski definition) is 1. The minimum Gasteiger partial charge on any atom is -0.383 e. The molecule has 0 aromatic heterocycles. The highest BCUT2D eigenvalue weighted by Crippen LogP contribution is 2.51. The van der Waals surface area contributed by atoms with Crippen molar-refractivity contribution in [3.63, 3.8) is 0 Å². The van der Waals surface area contributed by atoms with Crippen LogP contribution in [-0.4, -0.2) is 58.9 Å². The average molecular weight is 304 g/mol. The number of hydrogen-bond acceptors (Lipinski definition) is 4. The molecule has 0 aromatic rings. The second-order valence-electron chi connectivity index (χ2n) is 6.50. The van der Waals surface area contributed by atoms with Crippen molar-refractivity contribution >= 4 is 10.0 Å². The predicted octanol–water partition coefficient (Wildman–Crippen LogP) is 1.06. The van der Waals surface area contributed by atoms with Gasteiger partial charge in [0, 0.05) is 33.3 Å². The largest absolute Gasteiger partial charge is 0.383 e. The van der Waals surface area contributed by atoms with Gasteiger partial charge in [-0.3, -0.25) is 0 Å².